The zero-order chi connectivity index (χ0) is 32.7. The Morgan fingerprint density at radius 3 is 1.67 bits per heavy atom. The van der Waals surface area contributed by atoms with E-state index in [9.17, 15) is 0 Å². The van der Waals surface area contributed by atoms with Crippen LogP contribution in [0.2, 0.25) is 5.02 Å². The smallest absolute Gasteiger partial charge is 0.165 e. The molecule has 2 atom stereocenters. The van der Waals surface area contributed by atoms with Gasteiger partial charge in [0.15, 0.2) is 6.17 Å². The molecule has 0 aromatic heterocycles. The van der Waals surface area contributed by atoms with Crippen LogP contribution < -0.4 is 5.32 Å². The lowest BCUT2D eigenvalue weighted by Crippen LogP contribution is -2.41. The molecule has 6 aromatic carbocycles. The van der Waals surface area contributed by atoms with Crippen molar-refractivity contribution in [1.82, 2.24) is 5.32 Å². The highest BCUT2D eigenvalue weighted by Crippen LogP contribution is 2.42. The summed E-state index contributed by atoms with van der Waals surface area (Å²) in [6.45, 7) is 0. The van der Waals surface area contributed by atoms with Gasteiger partial charge in [-0.15, -0.1) is 0 Å². The molecule has 4 heteroatoms. The van der Waals surface area contributed by atoms with Crippen LogP contribution in [0, 0.1) is 5.92 Å². The molecule has 2 aliphatic carbocycles. The average molecular weight is 656 g/mol. The Bertz CT molecular complexity index is 2380. The molecule has 3 nitrogen and oxygen atoms in total. The van der Waals surface area contributed by atoms with Gasteiger partial charge in [-0.3, -0.25) is 0 Å². The number of allylic oxidation sites excluding steroid dienone is 2. The maximum Gasteiger partial charge on any atom is 0.165 e. The van der Waals surface area contributed by atoms with Crippen LogP contribution in [0.25, 0.3) is 54.6 Å². The summed E-state index contributed by atoms with van der Waals surface area (Å²) in [7, 11) is 0. The molecular formula is C45H38ClN3. The molecule has 2 unspecified atom stereocenters. The van der Waals surface area contributed by atoms with Gasteiger partial charge >= 0.3 is 0 Å². The van der Waals surface area contributed by atoms with Crippen LogP contribution in [0.5, 0.6) is 0 Å². The molecular weight excluding hydrogens is 618 g/mol. The van der Waals surface area contributed by atoms with Gasteiger partial charge in [0.25, 0.3) is 0 Å². The molecule has 0 spiro atoms. The lowest BCUT2D eigenvalue weighted by Gasteiger charge is -2.29. The zero-order valence-corrected chi connectivity index (χ0v) is 28.3. The number of hydrogen-bond donors (Lipinski definition) is 1. The number of halogens is 1. The highest BCUT2D eigenvalue weighted by molar-refractivity contribution is 6.36. The standard InChI is InChI=1S/C45H38ClN3/c46-42-28-27-39(34-20-11-12-22-40(34)42)37-24-23-36(31-17-7-8-18-32(31)37)38-25-26-41(35-21-10-9-19-33(35)38)45-48-43(29-13-3-1-4-14-29)47-44(49-45)30-15-5-2-6-16-30/h3,7-13,15,17-29,44H,1-2,4-6,14,16H2,(H,47,48,49). The largest absolute Gasteiger partial charge is 0.328 e. The Labute approximate surface area is 292 Å². The Morgan fingerprint density at radius 1 is 0.551 bits per heavy atom. The number of nitrogens with zero attached hydrogens (tertiary/aromatic N) is 2. The Morgan fingerprint density at radius 2 is 1.10 bits per heavy atom. The number of fused-ring (bicyclic) bond motifs is 3. The van der Waals surface area contributed by atoms with Crippen molar-refractivity contribution in [2.45, 2.75) is 51.1 Å². The monoisotopic (exact) mass is 655 g/mol. The van der Waals surface area contributed by atoms with Crippen molar-refractivity contribution in [3.63, 3.8) is 0 Å². The first-order valence-electron chi connectivity index (χ1n) is 17.7. The molecule has 3 aliphatic rings. The molecule has 0 saturated carbocycles. The highest BCUT2D eigenvalue weighted by atomic mass is 35.5. The van der Waals surface area contributed by atoms with Crippen LogP contribution in [0.15, 0.2) is 143 Å². The molecule has 0 bridgehead atoms. The van der Waals surface area contributed by atoms with Crippen molar-refractivity contribution >= 4 is 55.6 Å². The predicted octanol–water partition coefficient (Wildman–Crippen LogP) is 12.1. The molecule has 0 fully saturated rings. The van der Waals surface area contributed by atoms with Gasteiger partial charge in [-0.1, -0.05) is 133 Å². The van der Waals surface area contributed by atoms with Gasteiger partial charge in [-0.2, -0.15) is 0 Å². The maximum absolute atomic E-state index is 6.63. The van der Waals surface area contributed by atoms with Crippen molar-refractivity contribution < 1.29 is 0 Å². The van der Waals surface area contributed by atoms with Crippen molar-refractivity contribution in [3.05, 3.63) is 144 Å². The van der Waals surface area contributed by atoms with Gasteiger partial charge in [0.05, 0.1) is 0 Å². The van der Waals surface area contributed by atoms with Crippen LogP contribution >= 0.6 is 11.6 Å². The molecule has 0 amide bonds. The van der Waals surface area contributed by atoms with E-state index in [1.807, 2.05) is 6.07 Å². The fourth-order valence-electron chi connectivity index (χ4n) is 8.10. The summed E-state index contributed by atoms with van der Waals surface area (Å²) in [6.07, 6.45) is 15.0. The van der Waals surface area contributed by atoms with E-state index in [1.54, 1.807) is 0 Å². The van der Waals surface area contributed by atoms with Crippen LogP contribution in [0.3, 0.4) is 0 Å². The van der Waals surface area contributed by atoms with Crippen LogP contribution in [-0.4, -0.2) is 17.8 Å². The Balaban J connectivity index is 1.18. The van der Waals surface area contributed by atoms with Gasteiger partial charge in [0.1, 0.15) is 11.7 Å². The third-order valence-electron chi connectivity index (χ3n) is 10.6. The second-order valence-electron chi connectivity index (χ2n) is 13.5. The van der Waals surface area contributed by atoms with Gasteiger partial charge in [0, 0.05) is 21.9 Å². The topological polar surface area (TPSA) is 36.8 Å². The summed E-state index contributed by atoms with van der Waals surface area (Å²) in [5, 5.41) is 11.6. The van der Waals surface area contributed by atoms with Crippen molar-refractivity contribution in [1.29, 1.82) is 0 Å². The Hall–Kier alpha value is -4.99. The zero-order valence-electron chi connectivity index (χ0n) is 27.5. The first-order chi connectivity index (χ1) is 24.2. The molecule has 49 heavy (non-hydrogen) atoms. The van der Waals surface area contributed by atoms with E-state index in [4.69, 9.17) is 21.6 Å². The quantitative estimate of drug-likeness (QED) is 0.184. The first-order valence-corrected chi connectivity index (χ1v) is 18.1. The van der Waals surface area contributed by atoms with E-state index >= 15 is 0 Å². The minimum absolute atomic E-state index is 0.152. The summed E-state index contributed by atoms with van der Waals surface area (Å²) >= 11 is 6.63. The highest BCUT2D eigenvalue weighted by Gasteiger charge is 2.27. The van der Waals surface area contributed by atoms with E-state index < -0.39 is 0 Å². The fourth-order valence-corrected chi connectivity index (χ4v) is 8.33. The van der Waals surface area contributed by atoms with Crippen molar-refractivity contribution in [2.24, 2.45) is 15.9 Å². The number of rotatable bonds is 5. The van der Waals surface area contributed by atoms with E-state index in [0.717, 1.165) is 58.7 Å². The maximum atomic E-state index is 6.63. The van der Waals surface area contributed by atoms with Gasteiger partial charge in [0.2, 0.25) is 0 Å². The lowest BCUT2D eigenvalue weighted by atomic mass is 9.87. The third-order valence-corrected chi connectivity index (χ3v) is 10.9. The van der Waals surface area contributed by atoms with Crippen LogP contribution in [0.1, 0.15) is 50.5 Å². The number of aliphatic imine (C=N–C) groups is 2. The summed E-state index contributed by atoms with van der Waals surface area (Å²) < 4.78 is 0. The fraction of sp³-hybridized carbons (Fsp3) is 0.200. The molecule has 0 radical (unpaired) electrons. The summed E-state index contributed by atoms with van der Waals surface area (Å²) in [4.78, 5) is 10.5. The normalized spacial score (nSPS) is 19.4. The third kappa shape index (κ3) is 5.47. The molecule has 1 aliphatic heterocycles. The minimum atomic E-state index is -0.152. The molecule has 240 valence electrons. The lowest BCUT2D eigenvalue weighted by molar-refractivity contribution is 0.616. The number of benzene rings is 6. The van der Waals surface area contributed by atoms with Gasteiger partial charge in [-0.05, 0) is 106 Å². The van der Waals surface area contributed by atoms with E-state index in [2.05, 4.69) is 127 Å². The van der Waals surface area contributed by atoms with E-state index in [1.165, 1.54) is 68.6 Å². The summed E-state index contributed by atoms with van der Waals surface area (Å²) in [5.74, 6) is 2.29. The minimum Gasteiger partial charge on any atom is -0.328 e. The van der Waals surface area contributed by atoms with Crippen LogP contribution in [0.4, 0.5) is 0 Å². The van der Waals surface area contributed by atoms with Gasteiger partial charge < -0.3 is 5.32 Å². The Kier molecular flexibility index (Phi) is 7.86. The van der Waals surface area contributed by atoms with E-state index in [-0.39, 0.29) is 6.17 Å². The van der Waals surface area contributed by atoms with Crippen molar-refractivity contribution in [2.75, 3.05) is 0 Å². The molecule has 0 saturated heterocycles. The number of hydrogen-bond acceptors (Lipinski definition) is 3. The molecule has 6 aromatic rings. The number of nitrogens with one attached hydrogen (secondary N) is 1. The molecule has 1 N–H and O–H groups in total. The SMILES string of the molecule is Clc1ccc(-c2ccc(-c3ccc(C4=NC(C5=CCCCC5)N=C(C5C=CCCC5)N4)c4ccccc34)c3ccccc23)c2ccccc12. The second-order valence-corrected chi connectivity index (χ2v) is 13.9. The van der Waals surface area contributed by atoms with Gasteiger partial charge in [-0.25, -0.2) is 9.98 Å². The molecule has 1 heterocycles. The molecule has 9 rings (SSSR count). The van der Waals surface area contributed by atoms with Crippen LogP contribution in [-0.2, 0) is 0 Å². The summed E-state index contributed by atoms with van der Waals surface area (Å²) in [5.41, 5.74) is 7.33. The predicted molar refractivity (Wildman–Crippen MR) is 209 cm³/mol. The first kappa shape index (κ1) is 30.1. The number of amidine groups is 2. The average Bonchev–Trinajstić information content (AvgIpc) is 3.18. The summed E-state index contributed by atoms with van der Waals surface area (Å²) in [6, 6.07) is 39.3. The van der Waals surface area contributed by atoms with E-state index in [0.29, 0.717) is 5.92 Å². The van der Waals surface area contributed by atoms with Crippen molar-refractivity contribution in [3.8, 4) is 22.3 Å². The second kappa shape index (κ2) is 12.8.